The van der Waals surface area contributed by atoms with Gasteiger partial charge in [0.1, 0.15) is 11.6 Å². The van der Waals surface area contributed by atoms with Gasteiger partial charge in [0.25, 0.3) is 0 Å². The monoisotopic (exact) mass is 251 g/mol. The predicted molar refractivity (Wildman–Crippen MR) is 65.7 cm³/mol. The van der Waals surface area contributed by atoms with E-state index >= 15 is 0 Å². The summed E-state index contributed by atoms with van der Waals surface area (Å²) in [5.41, 5.74) is 0. The van der Waals surface area contributed by atoms with E-state index in [0.717, 1.165) is 18.8 Å². The SMILES string of the molecule is COC(=O)C1CCN(c2cc(OC)nc(C)n2)C1. The smallest absolute Gasteiger partial charge is 0.310 e. The molecule has 1 unspecified atom stereocenters. The summed E-state index contributed by atoms with van der Waals surface area (Å²) in [7, 11) is 3.00. The maximum atomic E-state index is 11.5. The van der Waals surface area contributed by atoms with E-state index in [1.54, 1.807) is 13.2 Å². The lowest BCUT2D eigenvalue weighted by atomic mass is 10.1. The van der Waals surface area contributed by atoms with Crippen LogP contribution in [-0.2, 0) is 9.53 Å². The minimum Gasteiger partial charge on any atom is -0.481 e. The van der Waals surface area contributed by atoms with Gasteiger partial charge in [0, 0.05) is 19.2 Å². The van der Waals surface area contributed by atoms with Crippen LogP contribution in [0.4, 0.5) is 5.82 Å². The van der Waals surface area contributed by atoms with Crippen molar-refractivity contribution in [3.05, 3.63) is 11.9 Å². The minimum atomic E-state index is -0.157. The third kappa shape index (κ3) is 2.52. The predicted octanol–water partition coefficient (Wildman–Crippen LogP) is 0.793. The first-order chi connectivity index (χ1) is 8.63. The van der Waals surface area contributed by atoms with Crippen LogP contribution in [0.5, 0.6) is 5.88 Å². The van der Waals surface area contributed by atoms with Gasteiger partial charge in [0.15, 0.2) is 0 Å². The van der Waals surface area contributed by atoms with Crippen LogP contribution in [0.3, 0.4) is 0 Å². The number of aromatic nitrogens is 2. The summed E-state index contributed by atoms with van der Waals surface area (Å²) >= 11 is 0. The Hall–Kier alpha value is -1.85. The largest absolute Gasteiger partial charge is 0.481 e. The Kier molecular flexibility index (Phi) is 3.64. The molecule has 1 fully saturated rings. The van der Waals surface area contributed by atoms with E-state index in [4.69, 9.17) is 9.47 Å². The van der Waals surface area contributed by atoms with E-state index in [1.165, 1.54) is 7.11 Å². The number of nitrogens with zero attached hydrogens (tertiary/aromatic N) is 3. The normalized spacial score (nSPS) is 18.8. The Labute approximate surface area is 106 Å². The molecule has 0 aliphatic carbocycles. The zero-order chi connectivity index (χ0) is 13.1. The maximum absolute atomic E-state index is 11.5. The van der Waals surface area contributed by atoms with Crippen LogP contribution >= 0.6 is 0 Å². The van der Waals surface area contributed by atoms with Gasteiger partial charge in [-0.15, -0.1) is 0 Å². The first kappa shape index (κ1) is 12.6. The molecule has 2 heterocycles. The molecule has 1 aliphatic heterocycles. The number of carbonyl (C=O) groups is 1. The molecule has 1 aromatic heterocycles. The van der Waals surface area contributed by atoms with Gasteiger partial charge in [-0.1, -0.05) is 0 Å². The molecular weight excluding hydrogens is 234 g/mol. The summed E-state index contributed by atoms with van der Waals surface area (Å²) < 4.78 is 9.89. The number of esters is 1. The van der Waals surface area contributed by atoms with Crippen LogP contribution in [0.15, 0.2) is 6.07 Å². The summed E-state index contributed by atoms with van der Waals surface area (Å²) in [5.74, 6) is 1.77. The highest BCUT2D eigenvalue weighted by molar-refractivity contribution is 5.74. The highest BCUT2D eigenvalue weighted by Gasteiger charge is 2.30. The van der Waals surface area contributed by atoms with E-state index < -0.39 is 0 Å². The Bertz CT molecular complexity index is 450. The van der Waals surface area contributed by atoms with Crippen molar-refractivity contribution in [3.63, 3.8) is 0 Å². The first-order valence-electron chi connectivity index (χ1n) is 5.86. The highest BCUT2D eigenvalue weighted by atomic mass is 16.5. The van der Waals surface area contributed by atoms with Gasteiger partial charge in [-0.25, -0.2) is 4.98 Å². The second-order valence-corrected chi connectivity index (χ2v) is 4.27. The topological polar surface area (TPSA) is 64.5 Å². The van der Waals surface area contributed by atoms with Gasteiger partial charge in [-0.05, 0) is 13.3 Å². The fourth-order valence-electron chi connectivity index (χ4n) is 2.12. The van der Waals surface area contributed by atoms with Crippen molar-refractivity contribution >= 4 is 11.8 Å². The molecule has 0 spiro atoms. The van der Waals surface area contributed by atoms with E-state index in [9.17, 15) is 4.79 Å². The molecule has 6 nitrogen and oxygen atoms in total. The van der Waals surface area contributed by atoms with Gasteiger partial charge in [-0.3, -0.25) is 4.79 Å². The van der Waals surface area contributed by atoms with Gasteiger partial charge in [0.2, 0.25) is 5.88 Å². The summed E-state index contributed by atoms with van der Waals surface area (Å²) in [6.45, 7) is 3.24. The van der Waals surface area contributed by atoms with Crippen molar-refractivity contribution in [1.29, 1.82) is 0 Å². The molecule has 0 amide bonds. The third-order valence-electron chi connectivity index (χ3n) is 3.06. The lowest BCUT2D eigenvalue weighted by Gasteiger charge is -2.17. The van der Waals surface area contributed by atoms with Crippen molar-refractivity contribution in [2.45, 2.75) is 13.3 Å². The molecule has 1 aromatic rings. The Morgan fingerprint density at radius 3 is 2.89 bits per heavy atom. The molecule has 0 bridgehead atoms. The molecule has 1 atom stereocenters. The molecular formula is C12H17N3O3. The first-order valence-corrected chi connectivity index (χ1v) is 5.86. The van der Waals surface area contributed by atoms with Crippen LogP contribution in [0.1, 0.15) is 12.2 Å². The quantitative estimate of drug-likeness (QED) is 0.740. The molecule has 0 saturated carbocycles. The lowest BCUT2D eigenvalue weighted by Crippen LogP contribution is -2.24. The van der Waals surface area contributed by atoms with E-state index in [0.29, 0.717) is 18.2 Å². The number of hydrogen-bond donors (Lipinski definition) is 0. The molecule has 1 saturated heterocycles. The van der Waals surface area contributed by atoms with Crippen molar-refractivity contribution in [2.24, 2.45) is 5.92 Å². The van der Waals surface area contributed by atoms with Gasteiger partial charge >= 0.3 is 5.97 Å². The van der Waals surface area contributed by atoms with Gasteiger partial charge in [0.05, 0.1) is 20.1 Å². The maximum Gasteiger partial charge on any atom is 0.310 e. The van der Waals surface area contributed by atoms with Crippen LogP contribution in [0.25, 0.3) is 0 Å². The number of hydrogen-bond acceptors (Lipinski definition) is 6. The molecule has 18 heavy (non-hydrogen) atoms. The van der Waals surface area contributed by atoms with Crippen molar-refractivity contribution in [1.82, 2.24) is 9.97 Å². The van der Waals surface area contributed by atoms with Crippen LogP contribution in [0, 0.1) is 12.8 Å². The fourth-order valence-corrected chi connectivity index (χ4v) is 2.12. The standard InChI is InChI=1S/C12H17N3O3/c1-8-13-10(6-11(14-8)17-2)15-5-4-9(7-15)12(16)18-3/h6,9H,4-5,7H2,1-3H3. The summed E-state index contributed by atoms with van der Waals surface area (Å²) in [6.07, 6.45) is 0.790. The van der Waals surface area contributed by atoms with Crippen molar-refractivity contribution < 1.29 is 14.3 Å². The number of ether oxygens (including phenoxy) is 2. The minimum absolute atomic E-state index is 0.0729. The molecule has 2 rings (SSSR count). The molecule has 98 valence electrons. The lowest BCUT2D eigenvalue weighted by molar-refractivity contribution is -0.144. The molecule has 0 radical (unpaired) electrons. The number of anilines is 1. The van der Waals surface area contributed by atoms with Crippen LogP contribution in [0.2, 0.25) is 0 Å². The molecule has 0 N–H and O–H groups in total. The van der Waals surface area contributed by atoms with Gasteiger partial charge in [-0.2, -0.15) is 4.98 Å². The number of carbonyl (C=O) groups excluding carboxylic acids is 1. The fraction of sp³-hybridized carbons (Fsp3) is 0.583. The van der Waals surface area contributed by atoms with E-state index in [2.05, 4.69) is 14.9 Å². The zero-order valence-corrected chi connectivity index (χ0v) is 10.8. The second kappa shape index (κ2) is 5.20. The summed E-state index contributed by atoms with van der Waals surface area (Å²) in [6, 6.07) is 1.78. The third-order valence-corrected chi connectivity index (χ3v) is 3.06. The van der Waals surface area contributed by atoms with Crippen molar-refractivity contribution in [3.8, 4) is 5.88 Å². The number of rotatable bonds is 3. The van der Waals surface area contributed by atoms with Crippen LogP contribution in [-0.4, -0.2) is 43.2 Å². The Morgan fingerprint density at radius 2 is 2.22 bits per heavy atom. The molecule has 1 aliphatic rings. The molecule has 0 aromatic carbocycles. The summed E-state index contributed by atoms with van der Waals surface area (Å²) in [5, 5.41) is 0. The van der Waals surface area contributed by atoms with Gasteiger partial charge < -0.3 is 14.4 Å². The van der Waals surface area contributed by atoms with Crippen LogP contribution < -0.4 is 9.64 Å². The number of methoxy groups -OCH3 is 2. The Balaban J connectivity index is 2.14. The molecule has 6 heteroatoms. The van der Waals surface area contributed by atoms with Crippen molar-refractivity contribution in [2.75, 3.05) is 32.2 Å². The zero-order valence-electron chi connectivity index (χ0n) is 10.8. The average molecular weight is 251 g/mol. The van der Waals surface area contributed by atoms with E-state index in [1.807, 2.05) is 6.92 Å². The summed E-state index contributed by atoms with van der Waals surface area (Å²) in [4.78, 5) is 22.0. The Morgan fingerprint density at radius 1 is 1.44 bits per heavy atom. The highest BCUT2D eigenvalue weighted by Crippen LogP contribution is 2.25. The second-order valence-electron chi connectivity index (χ2n) is 4.27. The number of aryl methyl sites for hydroxylation is 1. The average Bonchev–Trinajstić information content (AvgIpc) is 2.86. The van der Waals surface area contributed by atoms with E-state index in [-0.39, 0.29) is 11.9 Å².